The molecule has 1 fully saturated rings. The number of carbonyl (C=O) groups excluding carboxylic acids is 2. The molecule has 1 aliphatic rings. The van der Waals surface area contributed by atoms with Gasteiger partial charge in [-0.25, -0.2) is 26.5 Å². The first-order chi connectivity index (χ1) is 42.7. The molecule has 29 nitrogen and oxygen atoms in total. The minimum absolute atomic E-state index is 0. The Kier molecular flexibility index (Phi) is 34.4. The largest absolute Gasteiger partial charge is 0.512 e. The molecule has 1 radical (unpaired) electrons. The van der Waals surface area contributed by atoms with E-state index < -0.39 is 56.4 Å². The number of imidazole rings is 1. The zero-order valence-corrected chi connectivity index (χ0v) is 53.9. The van der Waals surface area contributed by atoms with Crippen LogP contribution in [0.15, 0.2) is 107 Å². The van der Waals surface area contributed by atoms with Crippen molar-refractivity contribution in [2.75, 3.05) is 150 Å². The van der Waals surface area contributed by atoms with Crippen molar-refractivity contribution in [1.82, 2.24) is 59.4 Å². The standard InChI is InChI=1S/C31H34N8O7S2.C27H51N5O9.Lu/c1-2-37-47(43,44)25-9-4-21(5-10-25)22-6-11-26(12-7-22)48(45,46)38-27(30(41)42)20-35-29(40)23-8-13-28-24(18-23)19-36-39(28)17-3-14-32-31-33-15-16-34-31;1-3-14-39-16-18-41-19-17-40-15-4-5-28-25(34)21-30-8-12-31(22-26(35)36)10-6-29(20-24(2)33)7-11-32(13-9-30)23-27(37)38;/h4-13,15-16,18-19,27,37-38H,2-3,14,17,20H2,1H3,(H,35,40)(H,41,42)(H2,32,33,34);33H,2-23H2,1H3,(H,28,34)(H,35,36)(H,37,38);. The predicted molar refractivity (Wildman–Crippen MR) is 331 cm³/mol. The quantitative estimate of drug-likeness (QED) is 0.0202. The first-order valence-electron chi connectivity index (χ1n) is 29.3. The monoisotopic (exact) mass is 1460 g/mol. The molecule has 1 saturated heterocycles. The van der Waals surface area contributed by atoms with Gasteiger partial charge in [-0.1, -0.05) is 44.7 Å². The second-order valence-corrected chi connectivity index (χ2v) is 24.1. The Morgan fingerprint density at radius 2 is 1.19 bits per heavy atom. The fourth-order valence-electron chi connectivity index (χ4n) is 9.06. The minimum Gasteiger partial charge on any atom is -0.512 e. The zero-order valence-electron chi connectivity index (χ0n) is 50.6. The Balaban J connectivity index is 0.000000386. The summed E-state index contributed by atoms with van der Waals surface area (Å²) in [7, 11) is -7.90. The Morgan fingerprint density at radius 1 is 0.656 bits per heavy atom. The van der Waals surface area contributed by atoms with Crippen molar-refractivity contribution in [3.05, 3.63) is 103 Å². The number of sulfonamides is 2. The SMILES string of the molecule is C=C(O)CN1CCN(CC(=O)O)CCN(CC(=O)NCCCOCCOCCOCCC)CCN(CC(=O)O)CC1.CCNS(=O)(=O)c1ccc(-c2ccc(S(=O)(=O)NC(CNC(=O)c3ccc4c(cnn4CCCNc4ncc[nH]4)c3)C(=O)O)cc2)cc1.[Lu]. The fraction of sp³-hybridized carbons (Fsp3) is 0.500. The number of aliphatic hydroxyl groups is 1. The normalized spacial score (nSPS) is 14.4. The van der Waals surface area contributed by atoms with Gasteiger partial charge in [0.2, 0.25) is 26.0 Å². The summed E-state index contributed by atoms with van der Waals surface area (Å²) in [5.41, 5.74) is 2.35. The van der Waals surface area contributed by atoms with E-state index in [1.54, 1.807) is 65.6 Å². The summed E-state index contributed by atoms with van der Waals surface area (Å²) in [5.74, 6) is -3.41. The average molecular weight is 1460 g/mol. The number of rotatable bonds is 36. The van der Waals surface area contributed by atoms with Crippen molar-refractivity contribution in [2.45, 2.75) is 55.5 Å². The topological polar surface area (TPSA) is 382 Å². The molecule has 1 unspecified atom stereocenters. The van der Waals surface area contributed by atoms with Crippen molar-refractivity contribution >= 4 is 66.6 Å². The van der Waals surface area contributed by atoms with Gasteiger partial charge in [0.1, 0.15) is 6.04 Å². The average Bonchev–Trinajstić information content (AvgIpc) is 1.74. The second kappa shape index (κ2) is 40.6. The molecule has 0 aliphatic carbocycles. The van der Waals surface area contributed by atoms with Crippen LogP contribution in [0, 0.1) is 36.9 Å². The van der Waals surface area contributed by atoms with Crippen molar-refractivity contribution in [2.24, 2.45) is 0 Å². The van der Waals surface area contributed by atoms with E-state index >= 15 is 0 Å². The van der Waals surface area contributed by atoms with Crippen LogP contribution in [0.4, 0.5) is 5.95 Å². The zero-order chi connectivity index (χ0) is 64.6. The maximum atomic E-state index is 13.1. The van der Waals surface area contributed by atoms with Crippen LogP contribution in [0.25, 0.3) is 22.0 Å². The number of nitrogens with zero attached hydrogens (tertiary/aromatic N) is 7. The number of benzene rings is 3. The number of aryl methyl sites for hydroxylation is 1. The van der Waals surface area contributed by atoms with Crippen LogP contribution >= 0.6 is 0 Å². The van der Waals surface area contributed by atoms with Crippen LogP contribution in [0.5, 0.6) is 0 Å². The number of carboxylic acid groups (broad SMARTS) is 3. The summed E-state index contributed by atoms with van der Waals surface area (Å²) in [6.45, 7) is 15.7. The van der Waals surface area contributed by atoms with Crippen LogP contribution in [0.2, 0.25) is 0 Å². The predicted octanol–water partition coefficient (Wildman–Crippen LogP) is 1.80. The number of hydrogen-bond acceptors (Lipinski definition) is 20. The van der Waals surface area contributed by atoms with E-state index in [4.69, 9.17) is 14.2 Å². The number of ether oxygens (including phenoxy) is 3. The van der Waals surface area contributed by atoms with Crippen LogP contribution in [-0.2, 0) is 60.0 Å². The number of aliphatic carboxylic acids is 3. The van der Waals surface area contributed by atoms with Gasteiger partial charge in [0, 0.05) is 159 Å². The molecular formula is C58H85LuN13O16S2. The third-order valence-corrected chi connectivity index (χ3v) is 16.7. The Morgan fingerprint density at radius 3 is 1.70 bits per heavy atom. The molecule has 0 bridgehead atoms. The van der Waals surface area contributed by atoms with Crippen LogP contribution < -0.4 is 25.4 Å². The van der Waals surface area contributed by atoms with Crippen LogP contribution in [-0.4, -0.2) is 257 Å². The third-order valence-electron chi connectivity index (χ3n) is 13.6. The fourth-order valence-corrected chi connectivity index (χ4v) is 11.3. The summed E-state index contributed by atoms with van der Waals surface area (Å²) < 4.78 is 73.1. The molecule has 0 saturated carbocycles. The Hall–Kier alpha value is -6.20. The van der Waals surface area contributed by atoms with Crippen molar-refractivity contribution in [3.63, 3.8) is 0 Å². The number of anilines is 1. The first-order valence-corrected chi connectivity index (χ1v) is 32.2. The number of carboxylic acids is 3. The van der Waals surface area contributed by atoms with Gasteiger partial charge < -0.3 is 55.6 Å². The Bertz CT molecular complexity index is 3200. The van der Waals surface area contributed by atoms with E-state index in [1.165, 1.54) is 36.4 Å². The summed E-state index contributed by atoms with van der Waals surface area (Å²) in [6, 6.07) is 15.1. The second-order valence-electron chi connectivity index (χ2n) is 20.6. The van der Waals surface area contributed by atoms with E-state index in [0.29, 0.717) is 129 Å². The van der Waals surface area contributed by atoms with Gasteiger partial charge in [0.15, 0.2) is 5.95 Å². The number of aliphatic hydroxyl groups excluding tert-OH is 1. The van der Waals surface area contributed by atoms with Gasteiger partial charge in [0.25, 0.3) is 5.91 Å². The summed E-state index contributed by atoms with van der Waals surface area (Å²) in [6.07, 6.45) is 7.43. The number of nitrogens with one attached hydrogen (secondary N) is 6. The molecule has 1 aliphatic heterocycles. The maximum absolute atomic E-state index is 13.1. The van der Waals surface area contributed by atoms with Gasteiger partial charge in [-0.15, -0.1) is 0 Å². The molecule has 32 heteroatoms. The molecule has 2 amide bonds. The van der Waals surface area contributed by atoms with Crippen LogP contribution in [0.3, 0.4) is 0 Å². The van der Waals surface area contributed by atoms with Gasteiger partial charge >= 0.3 is 17.9 Å². The number of fused-ring (bicyclic) bond motifs is 1. The smallest absolute Gasteiger partial charge is 0.323 e. The first kappa shape index (κ1) is 76.3. The number of hydrogen-bond donors (Lipinski definition) is 10. The minimum atomic E-state index is -4.29. The van der Waals surface area contributed by atoms with Gasteiger partial charge in [-0.05, 0) is 72.9 Å². The molecule has 6 rings (SSSR count). The van der Waals surface area contributed by atoms with Gasteiger partial charge in [-0.2, -0.15) is 9.82 Å². The number of aromatic nitrogens is 4. The van der Waals surface area contributed by atoms with Gasteiger partial charge in [0.05, 0.1) is 79.9 Å². The molecule has 3 heterocycles. The molecule has 3 aromatic carbocycles. The number of amides is 2. The molecule has 0 spiro atoms. The van der Waals surface area contributed by atoms with Crippen molar-refractivity contribution in [1.29, 1.82) is 0 Å². The summed E-state index contributed by atoms with van der Waals surface area (Å²) in [5, 5.41) is 51.8. The van der Waals surface area contributed by atoms with E-state index in [-0.39, 0.29) is 96.6 Å². The summed E-state index contributed by atoms with van der Waals surface area (Å²) >= 11 is 0. The molecule has 10 N–H and O–H groups in total. The molecule has 90 heavy (non-hydrogen) atoms. The van der Waals surface area contributed by atoms with Gasteiger partial charge in [-0.3, -0.25) is 48.3 Å². The molecule has 1 atom stereocenters. The number of carbonyl (C=O) groups is 5. The summed E-state index contributed by atoms with van der Waals surface area (Å²) in [4.78, 5) is 74.8. The van der Waals surface area contributed by atoms with E-state index in [0.717, 1.165) is 30.4 Å². The van der Waals surface area contributed by atoms with Crippen molar-refractivity contribution in [3.8, 4) is 11.1 Å². The number of aromatic amines is 1. The van der Waals surface area contributed by atoms with Crippen molar-refractivity contribution < 1.29 is 112 Å². The van der Waals surface area contributed by atoms with E-state index in [1.807, 2.05) is 14.5 Å². The maximum Gasteiger partial charge on any atom is 0.323 e. The molecule has 2 aromatic heterocycles. The Labute approximate surface area is 554 Å². The molecule has 5 aromatic rings. The third kappa shape index (κ3) is 28.1. The van der Waals surface area contributed by atoms with Crippen LogP contribution in [0.1, 0.15) is 43.5 Å². The number of H-pyrrole nitrogens is 1. The molecular weight excluding hydrogens is 1370 g/mol. The molecule has 505 valence electrons. The van der Waals surface area contributed by atoms with E-state index in [2.05, 4.69) is 54.0 Å². The van der Waals surface area contributed by atoms with E-state index in [9.17, 15) is 61.2 Å².